The molecular weight excluding hydrogens is 204 g/mol. The molecule has 2 rings (SSSR count). The monoisotopic (exact) mass is 234 g/mol. The molecule has 0 aromatic rings. The lowest BCUT2D eigenvalue weighted by atomic mass is 9.93. The van der Waals surface area contributed by atoms with Crippen LogP contribution in [-0.4, -0.2) is 0 Å². The van der Waals surface area contributed by atoms with Crippen molar-refractivity contribution in [1.82, 2.24) is 0 Å². The van der Waals surface area contributed by atoms with Crippen LogP contribution in [0.2, 0.25) is 0 Å². The van der Waals surface area contributed by atoms with Crippen molar-refractivity contribution in [2.24, 2.45) is 11.8 Å². The third-order valence-corrected chi connectivity index (χ3v) is 3.12. The van der Waals surface area contributed by atoms with Gasteiger partial charge < -0.3 is 0 Å². The molecule has 0 aliphatic heterocycles. The maximum atomic E-state index is 2.36. The quantitative estimate of drug-likeness (QED) is 0.528. The van der Waals surface area contributed by atoms with Crippen LogP contribution in [0.3, 0.4) is 0 Å². The summed E-state index contributed by atoms with van der Waals surface area (Å²) in [4.78, 5) is 0. The summed E-state index contributed by atoms with van der Waals surface area (Å²) in [6.45, 7) is 16.9. The zero-order valence-corrected chi connectivity index (χ0v) is 13.0. The Labute approximate surface area is 109 Å². The summed E-state index contributed by atoms with van der Waals surface area (Å²) in [6.07, 6.45) is 6.12. The van der Waals surface area contributed by atoms with E-state index in [0.717, 1.165) is 11.8 Å². The van der Waals surface area contributed by atoms with Gasteiger partial charge in [0, 0.05) is 0 Å². The van der Waals surface area contributed by atoms with Crippen LogP contribution in [-0.2, 0) is 0 Å². The summed E-state index contributed by atoms with van der Waals surface area (Å²) < 4.78 is 0. The Kier molecular flexibility index (Phi) is 7.18. The van der Waals surface area contributed by atoms with E-state index in [0.29, 0.717) is 0 Å². The highest BCUT2D eigenvalue weighted by molar-refractivity contribution is 5.46. The fourth-order valence-electron chi connectivity index (χ4n) is 2.40. The van der Waals surface area contributed by atoms with Crippen LogP contribution in [0.5, 0.6) is 0 Å². The van der Waals surface area contributed by atoms with Crippen LogP contribution in [0, 0.1) is 11.8 Å². The third kappa shape index (κ3) is 4.18. The lowest BCUT2D eigenvalue weighted by molar-refractivity contribution is 0.862. The fourth-order valence-corrected chi connectivity index (χ4v) is 2.40. The van der Waals surface area contributed by atoms with Crippen molar-refractivity contribution < 1.29 is 0 Å². The minimum atomic E-state index is 0.861. The summed E-state index contributed by atoms with van der Waals surface area (Å²) in [7, 11) is 0. The van der Waals surface area contributed by atoms with Gasteiger partial charge in [-0.3, -0.25) is 0 Å². The summed E-state index contributed by atoms with van der Waals surface area (Å²) in [6, 6.07) is 0. The van der Waals surface area contributed by atoms with E-state index in [2.05, 4.69) is 39.8 Å². The first-order valence-corrected chi connectivity index (χ1v) is 7.13. The van der Waals surface area contributed by atoms with E-state index in [1.54, 1.807) is 11.1 Å². The van der Waals surface area contributed by atoms with E-state index in [-0.39, 0.29) is 0 Å². The minimum absolute atomic E-state index is 0.861. The first-order valence-electron chi connectivity index (χ1n) is 7.13. The molecule has 1 fully saturated rings. The van der Waals surface area contributed by atoms with Crippen molar-refractivity contribution in [3.8, 4) is 0 Å². The Morgan fingerprint density at radius 1 is 1.06 bits per heavy atom. The normalized spacial score (nSPS) is 24.4. The van der Waals surface area contributed by atoms with Crippen LogP contribution >= 0.6 is 0 Å². The zero-order chi connectivity index (χ0) is 13.6. The molecule has 0 spiro atoms. The van der Waals surface area contributed by atoms with Crippen molar-refractivity contribution in [2.75, 3.05) is 0 Å². The molecule has 0 saturated heterocycles. The van der Waals surface area contributed by atoms with E-state index in [1.165, 1.54) is 17.6 Å². The van der Waals surface area contributed by atoms with Gasteiger partial charge in [-0.25, -0.2) is 0 Å². The first-order chi connectivity index (χ1) is 8.09. The molecule has 0 heterocycles. The molecule has 2 aliphatic rings. The third-order valence-electron chi connectivity index (χ3n) is 3.12. The number of hydrogen-bond acceptors (Lipinski definition) is 0. The Morgan fingerprint density at radius 2 is 1.59 bits per heavy atom. The van der Waals surface area contributed by atoms with Crippen molar-refractivity contribution in [3.05, 3.63) is 34.4 Å². The van der Waals surface area contributed by atoms with Gasteiger partial charge in [-0.1, -0.05) is 51.0 Å². The van der Waals surface area contributed by atoms with E-state index in [1.807, 2.05) is 27.7 Å². The lowest BCUT2D eigenvalue weighted by Gasteiger charge is -2.13. The minimum Gasteiger partial charge on any atom is -0.0761 e. The summed E-state index contributed by atoms with van der Waals surface area (Å²) in [5.74, 6) is 1.74. The van der Waals surface area contributed by atoms with Gasteiger partial charge in [0.1, 0.15) is 0 Å². The number of rotatable bonds is 1. The van der Waals surface area contributed by atoms with E-state index >= 15 is 0 Å². The Morgan fingerprint density at radius 3 is 2.06 bits per heavy atom. The topological polar surface area (TPSA) is 0 Å². The average Bonchev–Trinajstić information content (AvgIpc) is 3.10. The van der Waals surface area contributed by atoms with Crippen LogP contribution in [0.15, 0.2) is 34.4 Å². The van der Waals surface area contributed by atoms with Gasteiger partial charge >= 0.3 is 0 Å². The van der Waals surface area contributed by atoms with Gasteiger partial charge in [-0.2, -0.15) is 0 Å². The molecule has 0 aromatic carbocycles. The Hall–Kier alpha value is -0.780. The number of hydrogen-bond donors (Lipinski definition) is 0. The van der Waals surface area contributed by atoms with Gasteiger partial charge in [0.05, 0.1) is 0 Å². The highest BCUT2D eigenvalue weighted by Gasteiger charge is 2.42. The first kappa shape index (κ1) is 16.2. The molecule has 0 radical (unpaired) electrons. The molecule has 2 atom stereocenters. The second-order valence-electron chi connectivity index (χ2n) is 4.70. The van der Waals surface area contributed by atoms with E-state index < -0.39 is 0 Å². The molecule has 98 valence electrons. The molecule has 0 aromatic heterocycles. The van der Waals surface area contributed by atoms with Gasteiger partial charge in [0.15, 0.2) is 0 Å². The van der Waals surface area contributed by atoms with Crippen molar-refractivity contribution in [1.29, 1.82) is 0 Å². The maximum absolute atomic E-state index is 2.36. The molecule has 2 aliphatic carbocycles. The van der Waals surface area contributed by atoms with Gasteiger partial charge in [-0.05, 0) is 57.1 Å². The van der Waals surface area contributed by atoms with E-state index in [9.17, 15) is 0 Å². The maximum Gasteiger partial charge on any atom is -0.00876 e. The van der Waals surface area contributed by atoms with Crippen molar-refractivity contribution >= 4 is 0 Å². The molecule has 2 unspecified atom stereocenters. The molecule has 0 heteroatoms. The van der Waals surface area contributed by atoms with E-state index in [4.69, 9.17) is 0 Å². The van der Waals surface area contributed by atoms with Gasteiger partial charge in [0.25, 0.3) is 0 Å². The number of allylic oxidation sites excluding steroid dienone is 6. The highest BCUT2D eigenvalue weighted by Crippen LogP contribution is 2.53. The van der Waals surface area contributed by atoms with Crippen molar-refractivity contribution in [2.45, 2.75) is 61.8 Å². The zero-order valence-electron chi connectivity index (χ0n) is 13.0. The molecule has 0 N–H and O–H groups in total. The highest BCUT2D eigenvalue weighted by atomic mass is 14.5. The molecule has 1 saturated carbocycles. The predicted molar refractivity (Wildman–Crippen MR) is 80.2 cm³/mol. The Bertz CT molecular complexity index is 322. The molecule has 0 amide bonds. The Balaban J connectivity index is 0.000000581. The summed E-state index contributed by atoms with van der Waals surface area (Å²) in [5, 5.41) is 0. The standard InChI is InChI=1S/C13H18.2C2H6/c1-8(2)5-11-9(3)6-10(4)12-7-13(11)12;2*1-2/h5-6,12-13H,7H2,1-4H3;2*1-2H3. The second-order valence-corrected chi connectivity index (χ2v) is 4.70. The van der Waals surface area contributed by atoms with Crippen molar-refractivity contribution in [3.63, 3.8) is 0 Å². The average molecular weight is 234 g/mol. The fraction of sp³-hybridized carbons (Fsp3) is 0.647. The van der Waals surface area contributed by atoms with Crippen LogP contribution < -0.4 is 0 Å². The number of fused-ring (bicyclic) bond motifs is 1. The summed E-state index contributed by atoms with van der Waals surface area (Å²) >= 11 is 0. The SMILES string of the molecule is CC.CC.CC(C)=CC1=C(C)C=C(C)C2CC12. The largest absolute Gasteiger partial charge is 0.0761 e. The van der Waals surface area contributed by atoms with Crippen LogP contribution in [0.25, 0.3) is 0 Å². The second kappa shape index (κ2) is 7.53. The predicted octanol–water partition coefficient (Wildman–Crippen LogP) is 5.92. The van der Waals surface area contributed by atoms with Gasteiger partial charge in [-0.15, -0.1) is 0 Å². The van der Waals surface area contributed by atoms with Gasteiger partial charge in [0.2, 0.25) is 0 Å². The molecular formula is C17H30. The van der Waals surface area contributed by atoms with Crippen LogP contribution in [0.4, 0.5) is 0 Å². The summed E-state index contributed by atoms with van der Waals surface area (Å²) in [5.41, 5.74) is 6.09. The van der Waals surface area contributed by atoms with Crippen LogP contribution in [0.1, 0.15) is 61.8 Å². The smallest absolute Gasteiger partial charge is 0.00876 e. The molecule has 0 nitrogen and oxygen atoms in total. The molecule has 17 heavy (non-hydrogen) atoms. The molecule has 0 bridgehead atoms. The lowest BCUT2D eigenvalue weighted by Crippen LogP contribution is -1.98.